The number of hydrogen-bond acceptors (Lipinski definition) is 5. The van der Waals surface area contributed by atoms with Crippen LogP contribution in [0.25, 0.3) is 0 Å². The van der Waals surface area contributed by atoms with E-state index in [1.54, 1.807) is 12.1 Å². The first-order chi connectivity index (χ1) is 11.9. The molecule has 0 spiro atoms. The van der Waals surface area contributed by atoms with Gasteiger partial charge in [-0.15, -0.1) is 0 Å². The number of carbonyl (C=O) groups excluding carboxylic acids is 1. The van der Waals surface area contributed by atoms with Crippen LogP contribution in [0.15, 0.2) is 59.9 Å². The molecule has 3 rings (SSSR count). The molecule has 1 N–H and O–H groups in total. The molecule has 7 nitrogen and oxygen atoms in total. The Hall–Kier alpha value is -3.14. The molecule has 0 unspecified atom stereocenters. The average Bonchev–Trinajstić information content (AvgIpc) is 3.04. The number of aromatic nitrogens is 3. The largest absolute Gasteiger partial charge is 0.318 e. The lowest BCUT2D eigenvalue weighted by Crippen LogP contribution is -2.16. The monoisotopic (exact) mass is 364 g/mol. The van der Waals surface area contributed by atoms with E-state index in [1.807, 2.05) is 0 Å². The molecule has 2 heterocycles. The van der Waals surface area contributed by atoms with Crippen molar-refractivity contribution in [2.45, 2.75) is 4.90 Å². The van der Waals surface area contributed by atoms with Crippen LogP contribution in [0.5, 0.6) is 0 Å². The second-order valence-electron chi connectivity index (χ2n) is 4.85. The molecule has 0 saturated carbocycles. The highest BCUT2D eigenvalue weighted by molar-refractivity contribution is 7.89. The van der Waals surface area contributed by atoms with Crippen LogP contribution in [0, 0.1) is 11.6 Å². The molecule has 0 bridgehead atoms. The molecule has 0 aliphatic heterocycles. The van der Waals surface area contributed by atoms with Crippen molar-refractivity contribution in [3.63, 3.8) is 0 Å². The van der Waals surface area contributed by atoms with Gasteiger partial charge in [0.2, 0.25) is 0 Å². The summed E-state index contributed by atoms with van der Waals surface area (Å²) in [6.07, 6.45) is 3.51. The Morgan fingerprint density at radius 1 is 1.16 bits per heavy atom. The van der Waals surface area contributed by atoms with Gasteiger partial charge in [-0.3, -0.25) is 9.78 Å². The smallest absolute Gasteiger partial charge is 0.285 e. The zero-order valence-corrected chi connectivity index (χ0v) is 13.2. The number of pyridine rings is 1. The number of hydrogen-bond donors (Lipinski definition) is 1. The van der Waals surface area contributed by atoms with E-state index in [9.17, 15) is 22.0 Å². The number of amides is 1. The zero-order chi connectivity index (χ0) is 18.0. The molecular weight excluding hydrogens is 354 g/mol. The van der Waals surface area contributed by atoms with Gasteiger partial charge >= 0.3 is 0 Å². The Balaban J connectivity index is 1.87. The van der Waals surface area contributed by atoms with E-state index in [2.05, 4.69) is 15.4 Å². The number of nitrogens with one attached hydrogen (secondary N) is 1. The van der Waals surface area contributed by atoms with E-state index in [0.29, 0.717) is 10.2 Å². The van der Waals surface area contributed by atoms with Crippen LogP contribution >= 0.6 is 0 Å². The molecule has 1 aromatic carbocycles. The van der Waals surface area contributed by atoms with E-state index in [-0.39, 0.29) is 11.4 Å². The third-order valence-corrected chi connectivity index (χ3v) is 4.71. The van der Waals surface area contributed by atoms with Crippen LogP contribution in [-0.2, 0) is 10.0 Å². The van der Waals surface area contributed by atoms with Crippen LogP contribution < -0.4 is 5.32 Å². The van der Waals surface area contributed by atoms with Gasteiger partial charge in [0.05, 0.1) is 18.1 Å². The summed E-state index contributed by atoms with van der Waals surface area (Å²) in [6, 6.07) is 6.81. The molecule has 10 heteroatoms. The summed E-state index contributed by atoms with van der Waals surface area (Å²) >= 11 is 0. The number of nitrogens with zero attached hydrogens (tertiary/aromatic N) is 3. The molecule has 0 aliphatic carbocycles. The number of anilines is 1. The van der Waals surface area contributed by atoms with E-state index in [4.69, 9.17) is 0 Å². The van der Waals surface area contributed by atoms with E-state index >= 15 is 0 Å². The molecule has 0 atom stereocenters. The summed E-state index contributed by atoms with van der Waals surface area (Å²) < 4.78 is 51.8. The Morgan fingerprint density at radius 3 is 2.64 bits per heavy atom. The van der Waals surface area contributed by atoms with E-state index < -0.39 is 32.5 Å². The van der Waals surface area contributed by atoms with Crippen molar-refractivity contribution < 1.29 is 22.0 Å². The van der Waals surface area contributed by atoms with Gasteiger partial charge in [0, 0.05) is 12.3 Å². The lowest BCUT2D eigenvalue weighted by atomic mass is 10.3. The lowest BCUT2D eigenvalue weighted by Gasteiger charge is -2.05. The van der Waals surface area contributed by atoms with Gasteiger partial charge in [-0.25, -0.2) is 8.78 Å². The molecular formula is C15H10F2N4O3S. The minimum Gasteiger partial charge on any atom is -0.318 e. The van der Waals surface area contributed by atoms with Gasteiger partial charge in [0.25, 0.3) is 15.9 Å². The van der Waals surface area contributed by atoms with Gasteiger partial charge < -0.3 is 5.32 Å². The summed E-state index contributed by atoms with van der Waals surface area (Å²) in [6.45, 7) is 0. The normalized spacial score (nSPS) is 11.3. The van der Waals surface area contributed by atoms with E-state index in [1.165, 1.54) is 12.3 Å². The standard InChI is InChI=1S/C15H10F2N4O3S/c16-10-4-5-14(12(17)7-10)25(23,24)21-9-11(8-19-21)20-15(22)13-3-1-2-6-18-13/h1-9H,(H,20,22). The van der Waals surface area contributed by atoms with Crippen LogP contribution in [0.2, 0.25) is 0 Å². The van der Waals surface area contributed by atoms with Gasteiger partial charge in [-0.2, -0.15) is 17.6 Å². The molecule has 1 amide bonds. The molecule has 0 fully saturated rings. The number of halogens is 2. The lowest BCUT2D eigenvalue weighted by molar-refractivity contribution is 0.102. The first-order valence-corrected chi connectivity index (χ1v) is 8.29. The van der Waals surface area contributed by atoms with Crippen molar-refractivity contribution >= 4 is 21.6 Å². The zero-order valence-electron chi connectivity index (χ0n) is 12.4. The van der Waals surface area contributed by atoms with Crippen molar-refractivity contribution in [3.05, 3.63) is 72.3 Å². The highest BCUT2D eigenvalue weighted by Gasteiger charge is 2.23. The van der Waals surface area contributed by atoms with Crippen molar-refractivity contribution in [2.75, 3.05) is 5.32 Å². The Kier molecular flexibility index (Phi) is 4.28. The minimum atomic E-state index is -4.37. The number of carbonyl (C=O) groups is 1. The summed E-state index contributed by atoms with van der Waals surface area (Å²) in [5.74, 6) is -2.71. The maximum absolute atomic E-state index is 13.7. The number of rotatable bonds is 4. The molecule has 0 radical (unpaired) electrons. The quantitative estimate of drug-likeness (QED) is 0.765. The summed E-state index contributed by atoms with van der Waals surface area (Å²) in [7, 11) is -4.37. The topological polar surface area (TPSA) is 94.0 Å². The van der Waals surface area contributed by atoms with Crippen molar-refractivity contribution in [1.29, 1.82) is 0 Å². The third kappa shape index (κ3) is 3.38. The van der Waals surface area contributed by atoms with Crippen LogP contribution in [-0.4, -0.2) is 28.5 Å². The van der Waals surface area contributed by atoms with Gasteiger partial charge in [0.1, 0.15) is 22.2 Å². The maximum Gasteiger partial charge on any atom is 0.285 e. The van der Waals surface area contributed by atoms with Gasteiger partial charge in [-0.05, 0) is 24.3 Å². The minimum absolute atomic E-state index is 0.0711. The summed E-state index contributed by atoms with van der Waals surface area (Å²) in [5, 5.41) is 6.03. The second-order valence-corrected chi connectivity index (χ2v) is 6.61. The Morgan fingerprint density at radius 2 is 1.96 bits per heavy atom. The van der Waals surface area contributed by atoms with Crippen molar-refractivity contribution in [3.8, 4) is 0 Å². The first-order valence-electron chi connectivity index (χ1n) is 6.85. The Labute approximate surface area is 141 Å². The molecule has 3 aromatic rings. The summed E-state index contributed by atoms with van der Waals surface area (Å²) in [4.78, 5) is 15.1. The fraction of sp³-hybridized carbons (Fsp3) is 0. The highest BCUT2D eigenvalue weighted by Crippen LogP contribution is 2.19. The predicted octanol–water partition coefficient (Wildman–Crippen LogP) is 2.05. The predicted molar refractivity (Wildman–Crippen MR) is 83.4 cm³/mol. The van der Waals surface area contributed by atoms with Crippen LogP contribution in [0.3, 0.4) is 0 Å². The fourth-order valence-electron chi connectivity index (χ4n) is 1.98. The third-order valence-electron chi connectivity index (χ3n) is 3.13. The SMILES string of the molecule is O=C(Nc1cnn(S(=O)(=O)c2ccc(F)cc2F)c1)c1ccccn1. The summed E-state index contributed by atoms with van der Waals surface area (Å²) in [5.41, 5.74) is 0.199. The van der Waals surface area contributed by atoms with Crippen molar-refractivity contribution in [1.82, 2.24) is 14.2 Å². The maximum atomic E-state index is 13.7. The van der Waals surface area contributed by atoms with Crippen molar-refractivity contribution in [2.24, 2.45) is 0 Å². The average molecular weight is 364 g/mol. The molecule has 0 saturated heterocycles. The Bertz CT molecular complexity index is 1040. The molecule has 128 valence electrons. The number of benzene rings is 1. The van der Waals surface area contributed by atoms with Gasteiger partial charge in [-0.1, -0.05) is 6.07 Å². The van der Waals surface area contributed by atoms with E-state index in [0.717, 1.165) is 24.5 Å². The molecule has 25 heavy (non-hydrogen) atoms. The highest BCUT2D eigenvalue weighted by atomic mass is 32.2. The molecule has 0 aliphatic rings. The van der Waals surface area contributed by atoms with Crippen LogP contribution in [0.4, 0.5) is 14.5 Å². The van der Waals surface area contributed by atoms with Crippen LogP contribution in [0.1, 0.15) is 10.5 Å². The second kappa shape index (κ2) is 6.40. The fourth-order valence-corrected chi connectivity index (χ4v) is 3.15. The van der Waals surface area contributed by atoms with Gasteiger partial charge in [0.15, 0.2) is 0 Å². The first kappa shape index (κ1) is 16.7. The molecule has 2 aromatic heterocycles.